The van der Waals surface area contributed by atoms with Gasteiger partial charge in [-0.05, 0) is 58.7 Å². The quantitative estimate of drug-likeness (QED) is 0.860. The van der Waals surface area contributed by atoms with E-state index in [0.29, 0.717) is 11.3 Å². The monoisotopic (exact) mass is 318 g/mol. The molecule has 0 radical (unpaired) electrons. The van der Waals surface area contributed by atoms with E-state index in [1.807, 2.05) is 37.3 Å². The summed E-state index contributed by atoms with van der Waals surface area (Å²) in [4.78, 5) is 14.1. The van der Waals surface area contributed by atoms with Crippen molar-refractivity contribution in [2.75, 3.05) is 17.7 Å². The Morgan fingerprint density at radius 2 is 1.79 bits per heavy atom. The molecule has 0 heterocycles. The van der Waals surface area contributed by atoms with E-state index < -0.39 is 0 Å². The van der Waals surface area contributed by atoms with Crippen molar-refractivity contribution in [3.8, 4) is 0 Å². The fraction of sp³-hybridized carbons (Fsp3) is 0.133. The van der Waals surface area contributed by atoms with Crippen LogP contribution in [0, 0.1) is 6.92 Å². The Labute approximate surface area is 121 Å². The highest BCUT2D eigenvalue weighted by Crippen LogP contribution is 2.24. The molecule has 2 rings (SSSR count). The molecule has 0 saturated heterocycles. The molecule has 2 N–H and O–H groups in total. The van der Waals surface area contributed by atoms with Crippen molar-refractivity contribution in [3.63, 3.8) is 0 Å². The summed E-state index contributed by atoms with van der Waals surface area (Å²) in [6.45, 7) is 1.96. The lowest BCUT2D eigenvalue weighted by molar-refractivity contribution is 0.0992. The first-order chi connectivity index (χ1) is 9.00. The number of nitrogens with two attached hydrogens (primary N) is 1. The Bertz CT molecular complexity index is 608. The summed E-state index contributed by atoms with van der Waals surface area (Å²) in [5.41, 5.74) is 8.83. The van der Waals surface area contributed by atoms with Gasteiger partial charge in [0.25, 0.3) is 5.91 Å². The number of hydrogen-bond donors (Lipinski definition) is 1. The third-order valence-corrected chi connectivity index (χ3v) is 4.06. The van der Waals surface area contributed by atoms with Gasteiger partial charge in [-0.3, -0.25) is 4.79 Å². The second-order valence-corrected chi connectivity index (χ2v) is 5.19. The summed E-state index contributed by atoms with van der Waals surface area (Å²) in [6, 6.07) is 12.9. The van der Waals surface area contributed by atoms with Gasteiger partial charge in [0.1, 0.15) is 0 Å². The third-order valence-electron chi connectivity index (χ3n) is 3.01. The lowest BCUT2D eigenvalue weighted by atomic mass is 10.1. The van der Waals surface area contributed by atoms with Crippen LogP contribution in [0.25, 0.3) is 0 Å². The van der Waals surface area contributed by atoms with E-state index in [9.17, 15) is 4.79 Å². The molecule has 0 aromatic heterocycles. The van der Waals surface area contributed by atoms with Crippen molar-refractivity contribution in [2.45, 2.75) is 6.92 Å². The Hall–Kier alpha value is -1.81. The van der Waals surface area contributed by atoms with Crippen LogP contribution >= 0.6 is 15.9 Å². The third kappa shape index (κ3) is 2.79. The van der Waals surface area contributed by atoms with Crippen molar-refractivity contribution in [1.82, 2.24) is 0 Å². The standard InChI is InChI=1S/C15H15BrN2O/c1-10-4-3-5-13(14(10)16)15(19)18(2)12-8-6-11(17)7-9-12/h3-9H,17H2,1-2H3. The van der Waals surface area contributed by atoms with Gasteiger partial charge in [0.05, 0.1) is 5.56 Å². The zero-order valence-electron chi connectivity index (χ0n) is 10.9. The van der Waals surface area contributed by atoms with E-state index in [1.54, 1.807) is 24.1 Å². The van der Waals surface area contributed by atoms with Crippen LogP contribution in [0.1, 0.15) is 15.9 Å². The minimum absolute atomic E-state index is 0.0552. The molecule has 4 heteroatoms. The van der Waals surface area contributed by atoms with Crippen LogP contribution in [0.15, 0.2) is 46.9 Å². The molecule has 0 bridgehead atoms. The Morgan fingerprint density at radius 3 is 2.42 bits per heavy atom. The predicted octanol–water partition coefficient (Wildman–Crippen LogP) is 3.62. The van der Waals surface area contributed by atoms with E-state index in [-0.39, 0.29) is 5.91 Å². The molecular weight excluding hydrogens is 304 g/mol. The van der Waals surface area contributed by atoms with Gasteiger partial charge < -0.3 is 10.6 Å². The lowest BCUT2D eigenvalue weighted by Gasteiger charge is -2.18. The number of nitrogens with zero attached hydrogens (tertiary/aromatic N) is 1. The first kappa shape index (κ1) is 13.6. The molecule has 0 spiro atoms. The number of carbonyl (C=O) groups is 1. The maximum Gasteiger partial charge on any atom is 0.259 e. The largest absolute Gasteiger partial charge is 0.399 e. The predicted molar refractivity (Wildman–Crippen MR) is 82.5 cm³/mol. The van der Waals surface area contributed by atoms with Crippen molar-refractivity contribution in [1.29, 1.82) is 0 Å². The number of aryl methyl sites for hydroxylation is 1. The summed E-state index contributed by atoms with van der Waals surface area (Å²) >= 11 is 3.47. The second kappa shape index (κ2) is 5.45. The average molecular weight is 319 g/mol. The zero-order valence-corrected chi connectivity index (χ0v) is 12.4. The summed E-state index contributed by atoms with van der Waals surface area (Å²) in [7, 11) is 1.75. The number of hydrogen-bond acceptors (Lipinski definition) is 2. The minimum atomic E-state index is -0.0552. The topological polar surface area (TPSA) is 46.3 Å². The number of benzene rings is 2. The molecule has 2 aromatic carbocycles. The Morgan fingerprint density at radius 1 is 1.16 bits per heavy atom. The number of rotatable bonds is 2. The van der Waals surface area contributed by atoms with Crippen LogP contribution < -0.4 is 10.6 Å². The van der Waals surface area contributed by atoms with E-state index in [1.165, 1.54) is 0 Å². The zero-order chi connectivity index (χ0) is 14.0. The van der Waals surface area contributed by atoms with E-state index in [0.717, 1.165) is 15.7 Å². The van der Waals surface area contributed by atoms with E-state index >= 15 is 0 Å². The number of anilines is 2. The summed E-state index contributed by atoms with van der Waals surface area (Å²) in [6.07, 6.45) is 0. The molecular formula is C15H15BrN2O. The van der Waals surface area contributed by atoms with Gasteiger partial charge in [0.2, 0.25) is 0 Å². The van der Waals surface area contributed by atoms with Crippen molar-refractivity contribution in [2.24, 2.45) is 0 Å². The first-order valence-corrected chi connectivity index (χ1v) is 6.68. The molecule has 0 aliphatic carbocycles. The average Bonchev–Trinajstić information content (AvgIpc) is 2.41. The molecule has 98 valence electrons. The van der Waals surface area contributed by atoms with Crippen molar-refractivity contribution >= 4 is 33.2 Å². The highest BCUT2D eigenvalue weighted by molar-refractivity contribution is 9.10. The van der Waals surface area contributed by atoms with Crippen LogP contribution in [-0.4, -0.2) is 13.0 Å². The van der Waals surface area contributed by atoms with Crippen molar-refractivity contribution < 1.29 is 4.79 Å². The fourth-order valence-corrected chi connectivity index (χ4v) is 2.24. The number of halogens is 1. The molecule has 2 aromatic rings. The lowest BCUT2D eigenvalue weighted by Crippen LogP contribution is -2.26. The summed E-state index contributed by atoms with van der Waals surface area (Å²) in [5.74, 6) is -0.0552. The number of carbonyl (C=O) groups excluding carboxylic acids is 1. The maximum atomic E-state index is 12.5. The molecule has 0 aliphatic rings. The molecule has 3 nitrogen and oxygen atoms in total. The van der Waals surface area contributed by atoms with E-state index in [2.05, 4.69) is 15.9 Å². The first-order valence-electron chi connectivity index (χ1n) is 5.89. The second-order valence-electron chi connectivity index (χ2n) is 4.39. The van der Waals surface area contributed by atoms with Crippen LogP contribution in [0.4, 0.5) is 11.4 Å². The Kier molecular flexibility index (Phi) is 3.90. The molecule has 0 fully saturated rings. The SMILES string of the molecule is Cc1cccc(C(=O)N(C)c2ccc(N)cc2)c1Br. The van der Waals surface area contributed by atoms with Crippen LogP contribution in [0.5, 0.6) is 0 Å². The van der Waals surface area contributed by atoms with Gasteiger partial charge in [-0.25, -0.2) is 0 Å². The summed E-state index contributed by atoms with van der Waals surface area (Å²) < 4.78 is 0.835. The van der Waals surface area contributed by atoms with Crippen LogP contribution in [0.3, 0.4) is 0 Å². The summed E-state index contributed by atoms with van der Waals surface area (Å²) in [5, 5.41) is 0. The van der Waals surface area contributed by atoms with Gasteiger partial charge in [-0.1, -0.05) is 12.1 Å². The fourth-order valence-electron chi connectivity index (χ4n) is 1.81. The highest BCUT2D eigenvalue weighted by atomic mass is 79.9. The van der Waals surface area contributed by atoms with Gasteiger partial charge >= 0.3 is 0 Å². The Balaban J connectivity index is 2.33. The van der Waals surface area contributed by atoms with Crippen LogP contribution in [0.2, 0.25) is 0 Å². The normalized spacial score (nSPS) is 10.3. The minimum Gasteiger partial charge on any atom is -0.399 e. The molecule has 0 atom stereocenters. The molecule has 0 saturated carbocycles. The van der Waals surface area contributed by atoms with Gasteiger partial charge in [0, 0.05) is 22.9 Å². The van der Waals surface area contributed by atoms with E-state index in [4.69, 9.17) is 5.73 Å². The number of amides is 1. The molecule has 0 unspecified atom stereocenters. The van der Waals surface area contributed by atoms with Crippen LogP contribution in [-0.2, 0) is 0 Å². The number of nitrogen functional groups attached to an aromatic ring is 1. The highest BCUT2D eigenvalue weighted by Gasteiger charge is 2.16. The molecule has 1 amide bonds. The van der Waals surface area contributed by atoms with Gasteiger partial charge in [-0.15, -0.1) is 0 Å². The molecule has 19 heavy (non-hydrogen) atoms. The van der Waals surface area contributed by atoms with Gasteiger partial charge in [0.15, 0.2) is 0 Å². The van der Waals surface area contributed by atoms with Crippen molar-refractivity contribution in [3.05, 3.63) is 58.1 Å². The van der Waals surface area contributed by atoms with Gasteiger partial charge in [-0.2, -0.15) is 0 Å². The molecule has 0 aliphatic heterocycles. The smallest absolute Gasteiger partial charge is 0.259 e. The maximum absolute atomic E-state index is 12.5.